The van der Waals surface area contributed by atoms with Crippen LogP contribution in [-0.4, -0.2) is 11.9 Å². The number of anilines is 1. The summed E-state index contributed by atoms with van der Waals surface area (Å²) in [5, 5.41) is 2.64. The van der Waals surface area contributed by atoms with Crippen molar-refractivity contribution in [2.75, 3.05) is 5.32 Å². The van der Waals surface area contributed by atoms with Gasteiger partial charge >= 0.3 is 12.1 Å². The summed E-state index contributed by atoms with van der Waals surface area (Å²) in [6, 6.07) is 5.90. The largest absolute Gasteiger partial charge is 0.423 e. The molecule has 1 aliphatic heterocycles. The second-order valence-electron chi connectivity index (χ2n) is 5.45. The topological polar surface area (TPSA) is 55.4 Å². The number of hydrogen-bond acceptors (Lipinski definition) is 3. The van der Waals surface area contributed by atoms with Crippen molar-refractivity contribution in [2.45, 2.75) is 19.0 Å². The van der Waals surface area contributed by atoms with Crippen LogP contribution in [0.1, 0.15) is 27.9 Å². The fourth-order valence-electron chi connectivity index (χ4n) is 2.44. The minimum atomic E-state index is -4.70. The molecule has 0 saturated carbocycles. The second-order valence-corrected chi connectivity index (χ2v) is 5.45. The van der Waals surface area contributed by atoms with E-state index in [2.05, 4.69) is 5.32 Å². The Hall–Kier alpha value is -2.90. The zero-order valence-corrected chi connectivity index (χ0v) is 12.6. The van der Waals surface area contributed by atoms with Crippen LogP contribution in [0.5, 0.6) is 5.75 Å². The van der Waals surface area contributed by atoms with E-state index in [4.69, 9.17) is 4.74 Å². The number of nitrogens with one attached hydrogen (secondary N) is 1. The molecule has 4 nitrogen and oxygen atoms in total. The van der Waals surface area contributed by atoms with E-state index in [-0.39, 0.29) is 18.1 Å². The SMILES string of the molecule is O=C1CCc2cc(OC(=O)c3cc(C(F)(F)F)ccc3F)ccc2N1. The van der Waals surface area contributed by atoms with Crippen molar-refractivity contribution >= 4 is 17.6 Å². The highest BCUT2D eigenvalue weighted by Gasteiger charge is 2.32. The van der Waals surface area contributed by atoms with Gasteiger partial charge in [-0.3, -0.25) is 4.79 Å². The Kier molecular flexibility index (Phi) is 4.20. The molecular formula is C17H11F4NO3. The summed E-state index contributed by atoms with van der Waals surface area (Å²) in [5.41, 5.74) is -0.662. The highest BCUT2D eigenvalue weighted by atomic mass is 19.4. The summed E-state index contributed by atoms with van der Waals surface area (Å²) in [5.74, 6) is -2.42. The van der Waals surface area contributed by atoms with E-state index in [0.29, 0.717) is 30.3 Å². The summed E-state index contributed by atoms with van der Waals surface area (Å²) in [7, 11) is 0. The van der Waals surface area contributed by atoms with Crippen LogP contribution in [0, 0.1) is 5.82 Å². The van der Waals surface area contributed by atoms with Crippen LogP contribution in [0.15, 0.2) is 36.4 Å². The first-order valence-corrected chi connectivity index (χ1v) is 7.26. The third kappa shape index (κ3) is 3.62. The summed E-state index contributed by atoms with van der Waals surface area (Å²) in [4.78, 5) is 23.3. The number of benzene rings is 2. The molecule has 2 aromatic rings. The molecule has 130 valence electrons. The second kappa shape index (κ2) is 6.19. The van der Waals surface area contributed by atoms with Gasteiger partial charge in [-0.05, 0) is 48.4 Å². The molecule has 3 rings (SSSR count). The number of amides is 1. The number of ether oxygens (including phenoxy) is 1. The van der Waals surface area contributed by atoms with Gasteiger partial charge in [0.15, 0.2) is 0 Å². The molecule has 0 bridgehead atoms. The molecule has 1 heterocycles. The first-order valence-electron chi connectivity index (χ1n) is 7.26. The van der Waals surface area contributed by atoms with E-state index < -0.39 is 29.1 Å². The third-order valence-electron chi connectivity index (χ3n) is 3.70. The van der Waals surface area contributed by atoms with E-state index in [1.807, 2.05) is 0 Å². The van der Waals surface area contributed by atoms with Crippen LogP contribution in [0.25, 0.3) is 0 Å². The maximum absolute atomic E-state index is 13.7. The van der Waals surface area contributed by atoms with Crippen LogP contribution >= 0.6 is 0 Å². The van der Waals surface area contributed by atoms with Crippen LogP contribution in [0.2, 0.25) is 0 Å². The van der Waals surface area contributed by atoms with Gasteiger partial charge in [-0.15, -0.1) is 0 Å². The lowest BCUT2D eigenvalue weighted by atomic mass is 10.0. The number of carbonyl (C=O) groups is 2. The predicted octanol–water partition coefficient (Wildman–Crippen LogP) is 3.95. The van der Waals surface area contributed by atoms with Gasteiger partial charge in [-0.1, -0.05) is 0 Å². The Labute approximate surface area is 139 Å². The first-order chi connectivity index (χ1) is 11.7. The molecule has 0 fully saturated rings. The number of rotatable bonds is 2. The van der Waals surface area contributed by atoms with Gasteiger partial charge in [0.1, 0.15) is 11.6 Å². The number of fused-ring (bicyclic) bond motifs is 1. The molecule has 0 spiro atoms. The van der Waals surface area contributed by atoms with Crippen molar-refractivity contribution in [2.24, 2.45) is 0 Å². The highest BCUT2D eigenvalue weighted by Crippen LogP contribution is 2.31. The molecule has 0 atom stereocenters. The Bertz CT molecular complexity index is 861. The fraction of sp³-hybridized carbons (Fsp3) is 0.176. The number of carbonyl (C=O) groups excluding carboxylic acids is 2. The Morgan fingerprint density at radius 3 is 2.56 bits per heavy atom. The van der Waals surface area contributed by atoms with Crippen molar-refractivity contribution in [3.63, 3.8) is 0 Å². The monoisotopic (exact) mass is 353 g/mol. The zero-order valence-electron chi connectivity index (χ0n) is 12.6. The number of alkyl halides is 3. The Morgan fingerprint density at radius 1 is 1.08 bits per heavy atom. The molecule has 0 aliphatic carbocycles. The molecule has 1 N–H and O–H groups in total. The van der Waals surface area contributed by atoms with Gasteiger partial charge in [-0.25, -0.2) is 9.18 Å². The Balaban J connectivity index is 1.84. The molecule has 1 aliphatic rings. The summed E-state index contributed by atoms with van der Waals surface area (Å²) in [6.45, 7) is 0. The normalized spacial score (nSPS) is 13.8. The van der Waals surface area contributed by atoms with Gasteiger partial charge in [0.2, 0.25) is 5.91 Å². The average molecular weight is 353 g/mol. The van der Waals surface area contributed by atoms with Crippen LogP contribution < -0.4 is 10.1 Å². The van der Waals surface area contributed by atoms with Crippen LogP contribution in [-0.2, 0) is 17.4 Å². The van der Waals surface area contributed by atoms with Gasteiger partial charge in [0.05, 0.1) is 11.1 Å². The number of hydrogen-bond donors (Lipinski definition) is 1. The summed E-state index contributed by atoms with van der Waals surface area (Å²) >= 11 is 0. The molecule has 0 saturated heterocycles. The molecule has 8 heteroatoms. The third-order valence-corrected chi connectivity index (χ3v) is 3.70. The van der Waals surface area contributed by atoms with Gasteiger partial charge in [-0.2, -0.15) is 13.2 Å². The molecule has 25 heavy (non-hydrogen) atoms. The lowest BCUT2D eigenvalue weighted by molar-refractivity contribution is -0.137. The fourth-order valence-corrected chi connectivity index (χ4v) is 2.44. The Morgan fingerprint density at radius 2 is 1.84 bits per heavy atom. The minimum absolute atomic E-state index is 0.0525. The maximum atomic E-state index is 13.7. The van der Waals surface area contributed by atoms with Gasteiger partial charge < -0.3 is 10.1 Å². The predicted molar refractivity (Wildman–Crippen MR) is 79.8 cm³/mol. The molecule has 0 radical (unpaired) electrons. The van der Waals surface area contributed by atoms with Crippen LogP contribution in [0.4, 0.5) is 23.2 Å². The molecule has 0 unspecified atom stereocenters. The van der Waals surface area contributed by atoms with E-state index in [0.717, 1.165) is 5.56 Å². The van der Waals surface area contributed by atoms with Crippen molar-refractivity contribution in [1.82, 2.24) is 0 Å². The molecule has 1 amide bonds. The average Bonchev–Trinajstić information content (AvgIpc) is 2.54. The number of aryl methyl sites for hydroxylation is 1. The quantitative estimate of drug-likeness (QED) is 0.505. The number of halogens is 4. The highest BCUT2D eigenvalue weighted by molar-refractivity contribution is 5.94. The first kappa shape index (κ1) is 16.9. The summed E-state index contributed by atoms with van der Waals surface area (Å²) < 4.78 is 56.8. The van der Waals surface area contributed by atoms with Crippen molar-refractivity contribution in [3.05, 3.63) is 58.9 Å². The molecular weight excluding hydrogens is 342 g/mol. The molecule has 2 aromatic carbocycles. The van der Waals surface area contributed by atoms with E-state index in [1.54, 1.807) is 0 Å². The lowest BCUT2D eigenvalue weighted by Gasteiger charge is -2.17. The zero-order chi connectivity index (χ0) is 18.2. The minimum Gasteiger partial charge on any atom is -0.423 e. The van der Waals surface area contributed by atoms with E-state index in [9.17, 15) is 27.2 Å². The smallest absolute Gasteiger partial charge is 0.416 e. The van der Waals surface area contributed by atoms with Gasteiger partial charge in [0.25, 0.3) is 0 Å². The van der Waals surface area contributed by atoms with Crippen molar-refractivity contribution in [3.8, 4) is 5.75 Å². The van der Waals surface area contributed by atoms with Crippen LogP contribution in [0.3, 0.4) is 0 Å². The lowest BCUT2D eigenvalue weighted by Crippen LogP contribution is -2.19. The van der Waals surface area contributed by atoms with E-state index in [1.165, 1.54) is 18.2 Å². The molecule has 0 aromatic heterocycles. The summed E-state index contributed by atoms with van der Waals surface area (Å²) in [6.07, 6.45) is -4.00. The standard InChI is InChI=1S/C17H11F4NO3/c18-13-4-2-10(17(19,20)21)8-12(13)16(24)25-11-3-5-14-9(7-11)1-6-15(23)22-14/h2-5,7-8H,1,6H2,(H,22,23). The van der Waals surface area contributed by atoms with E-state index >= 15 is 0 Å². The maximum Gasteiger partial charge on any atom is 0.416 e. The van der Waals surface area contributed by atoms with Gasteiger partial charge in [0, 0.05) is 12.1 Å². The van der Waals surface area contributed by atoms with Crippen molar-refractivity contribution < 1.29 is 31.9 Å². The van der Waals surface area contributed by atoms with Crippen molar-refractivity contribution in [1.29, 1.82) is 0 Å². The number of esters is 1.